The van der Waals surface area contributed by atoms with E-state index in [1.54, 1.807) is 25.7 Å². The van der Waals surface area contributed by atoms with Crippen LogP contribution in [0, 0.1) is 11.3 Å². The van der Waals surface area contributed by atoms with E-state index in [2.05, 4.69) is 10.3 Å². The number of hydrogen-bond donors (Lipinski definition) is 1. The van der Waals surface area contributed by atoms with Crippen molar-refractivity contribution in [3.8, 4) is 6.07 Å². The Hall–Kier alpha value is -2.87. The highest BCUT2D eigenvalue weighted by molar-refractivity contribution is 5.92. The van der Waals surface area contributed by atoms with Gasteiger partial charge in [-0.25, -0.2) is 14.2 Å². The highest BCUT2D eigenvalue weighted by Crippen LogP contribution is 2.34. The maximum Gasteiger partial charge on any atom is 0.340 e. The molecule has 2 heterocycles. The van der Waals surface area contributed by atoms with Gasteiger partial charge in [0.2, 0.25) is 0 Å². The van der Waals surface area contributed by atoms with Crippen LogP contribution in [0.15, 0.2) is 6.07 Å². The number of alkyl halides is 3. The van der Waals surface area contributed by atoms with Gasteiger partial charge in [0.1, 0.15) is 23.2 Å². The molecule has 182 valence electrons. The van der Waals surface area contributed by atoms with Crippen molar-refractivity contribution in [2.75, 3.05) is 37.8 Å². The lowest BCUT2D eigenvalue weighted by atomic mass is 10.0. The van der Waals surface area contributed by atoms with Gasteiger partial charge in [-0.05, 0) is 40.2 Å². The summed E-state index contributed by atoms with van der Waals surface area (Å²) in [7, 11) is 0. The fraction of sp³-hybridized carbons (Fsp3) is 0.636. The number of hydrogen-bond acceptors (Lipinski definition) is 8. The van der Waals surface area contributed by atoms with Gasteiger partial charge in [0.05, 0.1) is 17.7 Å². The first-order valence-corrected chi connectivity index (χ1v) is 10.7. The summed E-state index contributed by atoms with van der Waals surface area (Å²) in [5.41, 5.74) is -2.42. The largest absolute Gasteiger partial charge is 0.462 e. The molecule has 1 aliphatic heterocycles. The molecule has 33 heavy (non-hydrogen) atoms. The van der Waals surface area contributed by atoms with E-state index in [9.17, 15) is 28.0 Å². The van der Waals surface area contributed by atoms with Gasteiger partial charge >= 0.3 is 17.9 Å². The zero-order valence-corrected chi connectivity index (χ0v) is 19.2. The van der Waals surface area contributed by atoms with Crippen LogP contribution >= 0.6 is 0 Å². The molecule has 1 aromatic heterocycles. The summed E-state index contributed by atoms with van der Waals surface area (Å²) >= 11 is 0. The van der Waals surface area contributed by atoms with Crippen LogP contribution in [0.4, 0.5) is 19.0 Å². The lowest BCUT2D eigenvalue weighted by Gasteiger charge is -2.35. The summed E-state index contributed by atoms with van der Waals surface area (Å²) in [6.07, 6.45) is 0.565. The first-order valence-electron chi connectivity index (χ1n) is 10.7. The Kier molecular flexibility index (Phi) is 8.66. The predicted molar refractivity (Wildman–Crippen MR) is 114 cm³/mol. The van der Waals surface area contributed by atoms with E-state index in [1.165, 1.54) is 6.92 Å². The van der Waals surface area contributed by atoms with Crippen molar-refractivity contribution in [3.05, 3.63) is 22.9 Å². The van der Waals surface area contributed by atoms with Crippen LogP contribution in [-0.2, 0) is 20.2 Å². The molecule has 0 saturated carbocycles. The molecule has 0 spiro atoms. The second kappa shape index (κ2) is 10.8. The number of nitrogens with one attached hydrogen (secondary N) is 1. The number of piperazine rings is 1. The highest BCUT2D eigenvalue weighted by Gasteiger charge is 2.40. The van der Waals surface area contributed by atoms with Crippen molar-refractivity contribution in [1.29, 1.82) is 5.26 Å². The molecule has 1 N–H and O–H groups in total. The van der Waals surface area contributed by atoms with Crippen LogP contribution in [0.5, 0.6) is 0 Å². The molecule has 0 amide bonds. The van der Waals surface area contributed by atoms with Gasteiger partial charge in [-0.1, -0.05) is 0 Å². The molecule has 8 nitrogen and oxygen atoms in total. The third-order valence-corrected chi connectivity index (χ3v) is 4.80. The number of carbonyl (C=O) groups is 2. The van der Waals surface area contributed by atoms with Gasteiger partial charge in [-0.2, -0.15) is 14.0 Å². The van der Waals surface area contributed by atoms with E-state index in [4.69, 9.17) is 9.47 Å². The zero-order chi connectivity index (χ0) is 24.8. The second-order valence-electron chi connectivity index (χ2n) is 8.65. The van der Waals surface area contributed by atoms with E-state index in [1.807, 2.05) is 6.07 Å². The third kappa shape index (κ3) is 7.05. The van der Waals surface area contributed by atoms with E-state index in [-0.39, 0.29) is 43.0 Å². The first-order chi connectivity index (χ1) is 15.4. The number of ether oxygens (including phenoxy) is 2. The van der Waals surface area contributed by atoms with E-state index in [0.717, 1.165) is 6.07 Å². The monoisotopic (exact) mass is 470 g/mol. The number of carbonyl (C=O) groups excluding carboxylic acids is 2. The minimum Gasteiger partial charge on any atom is -0.462 e. The minimum atomic E-state index is -4.03. The van der Waals surface area contributed by atoms with Crippen LogP contribution in [0.2, 0.25) is 0 Å². The molecular weight excluding hydrogens is 441 g/mol. The van der Waals surface area contributed by atoms with Gasteiger partial charge in [0, 0.05) is 32.1 Å². The summed E-state index contributed by atoms with van der Waals surface area (Å²) in [5, 5.41) is 12.8. The van der Waals surface area contributed by atoms with Crippen LogP contribution < -0.4 is 10.2 Å². The Morgan fingerprint density at radius 3 is 2.64 bits per heavy atom. The average molecular weight is 470 g/mol. The molecule has 1 aromatic rings. The molecule has 0 aliphatic carbocycles. The SMILES string of the molecule is CCOC(=O)c1cc(C#N)c(N2CCNC(CCC(=O)OC(C)(C)C)C2)nc1C(F)(F)CF. The summed E-state index contributed by atoms with van der Waals surface area (Å²) in [6, 6.07) is 2.64. The van der Waals surface area contributed by atoms with Crippen LogP contribution in [0.25, 0.3) is 0 Å². The maximum absolute atomic E-state index is 14.3. The third-order valence-electron chi connectivity index (χ3n) is 4.80. The van der Waals surface area contributed by atoms with Crippen molar-refractivity contribution in [3.63, 3.8) is 0 Å². The Labute approximate surface area is 191 Å². The molecular formula is C22H29F3N4O4. The van der Waals surface area contributed by atoms with Crippen molar-refractivity contribution >= 4 is 17.8 Å². The molecule has 1 saturated heterocycles. The van der Waals surface area contributed by atoms with Crippen LogP contribution in [0.1, 0.15) is 62.2 Å². The molecule has 0 bridgehead atoms. The van der Waals surface area contributed by atoms with E-state index < -0.39 is 35.4 Å². The fourth-order valence-corrected chi connectivity index (χ4v) is 3.43. The van der Waals surface area contributed by atoms with Gasteiger partial charge in [-0.15, -0.1) is 0 Å². The molecule has 11 heteroatoms. The molecule has 1 unspecified atom stereocenters. The van der Waals surface area contributed by atoms with Crippen molar-refractivity contribution < 1.29 is 32.2 Å². The van der Waals surface area contributed by atoms with E-state index in [0.29, 0.717) is 19.5 Å². The van der Waals surface area contributed by atoms with Crippen molar-refractivity contribution in [2.24, 2.45) is 0 Å². The van der Waals surface area contributed by atoms with Crippen molar-refractivity contribution in [2.45, 2.75) is 58.1 Å². The quantitative estimate of drug-likeness (QED) is 0.578. The number of aromatic nitrogens is 1. The van der Waals surface area contributed by atoms with Crippen molar-refractivity contribution in [1.82, 2.24) is 10.3 Å². The second-order valence-corrected chi connectivity index (χ2v) is 8.65. The lowest BCUT2D eigenvalue weighted by molar-refractivity contribution is -0.155. The first kappa shape index (κ1) is 26.4. The molecule has 1 aliphatic rings. The van der Waals surface area contributed by atoms with Gasteiger partial charge < -0.3 is 19.7 Å². The summed E-state index contributed by atoms with van der Waals surface area (Å²) < 4.78 is 51.9. The Balaban J connectivity index is 2.31. The summed E-state index contributed by atoms with van der Waals surface area (Å²) in [4.78, 5) is 29.7. The number of pyridine rings is 1. The number of halogens is 3. The Morgan fingerprint density at radius 2 is 2.06 bits per heavy atom. The predicted octanol–water partition coefficient (Wildman–Crippen LogP) is 3.09. The Bertz CT molecular complexity index is 912. The standard InChI is InChI=1S/C22H29F3N4O4/c1-5-32-20(31)16-10-14(11-26)19(28-18(16)22(24,25)13-23)29-9-8-27-15(12-29)6-7-17(30)33-21(2,3)4/h10,15,27H,5-9,12-13H2,1-4H3. The van der Waals surface area contributed by atoms with Gasteiger partial charge in [0.15, 0.2) is 6.67 Å². The van der Waals surface area contributed by atoms with Gasteiger partial charge in [-0.3, -0.25) is 4.79 Å². The molecule has 1 fully saturated rings. The molecule has 0 radical (unpaired) electrons. The molecule has 1 atom stereocenters. The number of anilines is 1. The smallest absolute Gasteiger partial charge is 0.340 e. The number of nitrogens with zero attached hydrogens (tertiary/aromatic N) is 3. The number of nitriles is 1. The van der Waals surface area contributed by atoms with Crippen LogP contribution in [-0.4, -0.2) is 61.5 Å². The maximum atomic E-state index is 14.3. The van der Waals surface area contributed by atoms with Gasteiger partial charge in [0.25, 0.3) is 0 Å². The lowest BCUT2D eigenvalue weighted by Crippen LogP contribution is -2.51. The zero-order valence-electron chi connectivity index (χ0n) is 19.2. The minimum absolute atomic E-state index is 0.0718. The normalized spacial score (nSPS) is 16.8. The van der Waals surface area contributed by atoms with Crippen LogP contribution in [0.3, 0.4) is 0 Å². The number of rotatable bonds is 8. The van der Waals surface area contributed by atoms with E-state index >= 15 is 0 Å². The Morgan fingerprint density at radius 1 is 1.36 bits per heavy atom. The highest BCUT2D eigenvalue weighted by atomic mass is 19.3. The number of esters is 2. The molecule has 2 rings (SSSR count). The fourth-order valence-electron chi connectivity index (χ4n) is 3.43. The average Bonchev–Trinajstić information content (AvgIpc) is 2.76. The molecule has 0 aromatic carbocycles. The topological polar surface area (TPSA) is 105 Å². The summed E-state index contributed by atoms with van der Waals surface area (Å²) in [5.74, 6) is -5.57. The summed E-state index contributed by atoms with van der Waals surface area (Å²) in [6.45, 7) is 5.71.